The van der Waals surface area contributed by atoms with E-state index in [1.165, 1.54) is 0 Å². The van der Waals surface area contributed by atoms with E-state index in [9.17, 15) is 10.1 Å². The number of fused-ring (bicyclic) bond motifs is 1. The Balaban J connectivity index is 2.73. The number of alkyl halides is 1. The van der Waals surface area contributed by atoms with Crippen LogP contribution < -0.4 is 0 Å². The number of nitro benzene ring substituents is 1. The second kappa shape index (κ2) is 4.61. The van der Waals surface area contributed by atoms with Crippen molar-refractivity contribution in [2.75, 3.05) is 5.33 Å². The van der Waals surface area contributed by atoms with Crippen LogP contribution in [0.1, 0.15) is 5.56 Å². The Morgan fingerprint density at radius 1 is 1.19 bits per heavy atom. The lowest BCUT2D eigenvalue weighted by Gasteiger charge is -2.05. The molecule has 0 fully saturated rings. The van der Waals surface area contributed by atoms with Gasteiger partial charge in [0.1, 0.15) is 0 Å². The van der Waals surface area contributed by atoms with Crippen molar-refractivity contribution in [2.45, 2.75) is 6.42 Å². The van der Waals surface area contributed by atoms with E-state index in [4.69, 9.17) is 0 Å². The van der Waals surface area contributed by atoms with Crippen molar-refractivity contribution in [3.05, 3.63) is 52.1 Å². The lowest BCUT2D eigenvalue weighted by Crippen LogP contribution is -1.97. The fourth-order valence-electron chi connectivity index (χ4n) is 1.85. The third-order valence-corrected chi connectivity index (χ3v) is 2.95. The standard InChI is InChI=1S/C12H10BrNO2/c13-8-7-11-10-4-2-1-3-9(10)5-6-12(11)14(15)16/h1-6H,7-8H2. The predicted octanol–water partition coefficient (Wildman–Crippen LogP) is 3.69. The van der Waals surface area contributed by atoms with Crippen molar-refractivity contribution < 1.29 is 4.92 Å². The van der Waals surface area contributed by atoms with E-state index in [-0.39, 0.29) is 10.6 Å². The van der Waals surface area contributed by atoms with Gasteiger partial charge in [-0.25, -0.2) is 0 Å². The summed E-state index contributed by atoms with van der Waals surface area (Å²) >= 11 is 3.33. The van der Waals surface area contributed by atoms with E-state index in [1.54, 1.807) is 12.1 Å². The Bertz CT molecular complexity index is 540. The minimum absolute atomic E-state index is 0.207. The number of nitro groups is 1. The van der Waals surface area contributed by atoms with Crippen molar-refractivity contribution in [2.24, 2.45) is 0 Å². The van der Waals surface area contributed by atoms with Crippen molar-refractivity contribution in [3.8, 4) is 0 Å². The third kappa shape index (κ3) is 1.93. The summed E-state index contributed by atoms with van der Waals surface area (Å²) in [5.41, 5.74) is 1.01. The molecule has 0 saturated carbocycles. The second-order valence-corrected chi connectivity index (χ2v) is 4.27. The summed E-state index contributed by atoms with van der Waals surface area (Å²) in [4.78, 5) is 10.6. The van der Waals surface area contributed by atoms with Crippen LogP contribution in [-0.2, 0) is 6.42 Å². The molecule has 0 aliphatic heterocycles. The van der Waals surface area contributed by atoms with Crippen molar-refractivity contribution in [1.29, 1.82) is 0 Å². The summed E-state index contributed by atoms with van der Waals surface area (Å²) in [7, 11) is 0. The largest absolute Gasteiger partial charge is 0.273 e. The molecule has 0 aliphatic rings. The lowest BCUT2D eigenvalue weighted by molar-refractivity contribution is -0.385. The number of hydrogen-bond acceptors (Lipinski definition) is 2. The van der Waals surface area contributed by atoms with Crippen LogP contribution in [0, 0.1) is 10.1 Å². The van der Waals surface area contributed by atoms with Gasteiger partial charge in [-0.3, -0.25) is 10.1 Å². The molecule has 0 heterocycles. The Morgan fingerprint density at radius 2 is 1.94 bits per heavy atom. The van der Waals surface area contributed by atoms with E-state index in [0.29, 0.717) is 6.42 Å². The van der Waals surface area contributed by atoms with Gasteiger partial charge in [-0.15, -0.1) is 0 Å². The molecule has 3 nitrogen and oxygen atoms in total. The van der Waals surface area contributed by atoms with Crippen LogP contribution in [0.15, 0.2) is 36.4 Å². The smallest absolute Gasteiger partial charge is 0.258 e. The zero-order valence-corrected chi connectivity index (χ0v) is 10.1. The SMILES string of the molecule is O=[N+]([O-])c1ccc2ccccc2c1CCBr. The van der Waals surface area contributed by atoms with Crippen LogP contribution in [0.3, 0.4) is 0 Å². The maximum Gasteiger partial charge on any atom is 0.273 e. The quantitative estimate of drug-likeness (QED) is 0.489. The summed E-state index contributed by atoms with van der Waals surface area (Å²) in [5.74, 6) is 0. The van der Waals surface area contributed by atoms with Crippen LogP contribution in [0.2, 0.25) is 0 Å². The predicted molar refractivity (Wildman–Crippen MR) is 68.1 cm³/mol. The number of benzene rings is 2. The Morgan fingerprint density at radius 3 is 2.62 bits per heavy atom. The molecule has 0 unspecified atom stereocenters. The molecular formula is C12H10BrNO2. The fraction of sp³-hybridized carbons (Fsp3) is 0.167. The summed E-state index contributed by atoms with van der Waals surface area (Å²) in [5, 5.41) is 13.7. The average molecular weight is 280 g/mol. The van der Waals surface area contributed by atoms with Crippen molar-refractivity contribution in [3.63, 3.8) is 0 Å². The van der Waals surface area contributed by atoms with Gasteiger partial charge in [-0.1, -0.05) is 40.2 Å². The highest BCUT2D eigenvalue weighted by Crippen LogP contribution is 2.28. The summed E-state index contributed by atoms with van der Waals surface area (Å²) in [6, 6.07) is 11.1. The molecule has 82 valence electrons. The number of nitrogens with zero attached hydrogens (tertiary/aromatic N) is 1. The number of hydrogen-bond donors (Lipinski definition) is 0. The zero-order chi connectivity index (χ0) is 11.5. The van der Waals surface area contributed by atoms with E-state index in [0.717, 1.165) is 21.7 Å². The van der Waals surface area contributed by atoms with E-state index >= 15 is 0 Å². The van der Waals surface area contributed by atoms with E-state index in [2.05, 4.69) is 15.9 Å². The van der Waals surface area contributed by atoms with Crippen LogP contribution >= 0.6 is 15.9 Å². The fourth-order valence-corrected chi connectivity index (χ4v) is 2.25. The maximum absolute atomic E-state index is 10.9. The summed E-state index contributed by atoms with van der Waals surface area (Å²) < 4.78 is 0. The first-order valence-electron chi connectivity index (χ1n) is 4.95. The maximum atomic E-state index is 10.9. The van der Waals surface area contributed by atoms with Gasteiger partial charge in [0.05, 0.1) is 4.92 Å². The topological polar surface area (TPSA) is 43.1 Å². The van der Waals surface area contributed by atoms with Gasteiger partial charge in [0, 0.05) is 17.0 Å². The third-order valence-electron chi connectivity index (χ3n) is 2.56. The highest BCUT2D eigenvalue weighted by Gasteiger charge is 2.15. The molecule has 2 aromatic rings. The summed E-state index contributed by atoms with van der Waals surface area (Å²) in [6.07, 6.45) is 0.664. The van der Waals surface area contributed by atoms with Crippen LogP contribution in [0.4, 0.5) is 5.69 Å². The molecule has 0 radical (unpaired) electrons. The molecule has 2 aromatic carbocycles. The highest BCUT2D eigenvalue weighted by molar-refractivity contribution is 9.09. The molecule has 0 N–H and O–H groups in total. The zero-order valence-electron chi connectivity index (χ0n) is 8.52. The van der Waals surface area contributed by atoms with Gasteiger partial charge in [0.2, 0.25) is 0 Å². The first-order valence-corrected chi connectivity index (χ1v) is 6.07. The van der Waals surface area contributed by atoms with Gasteiger partial charge in [0.25, 0.3) is 5.69 Å². The minimum Gasteiger partial charge on any atom is -0.258 e. The first kappa shape index (κ1) is 11.1. The van der Waals surface area contributed by atoms with Crippen molar-refractivity contribution in [1.82, 2.24) is 0 Å². The number of halogens is 1. The molecule has 0 saturated heterocycles. The molecule has 0 bridgehead atoms. The first-order chi connectivity index (χ1) is 7.74. The Labute approximate surface area is 101 Å². The van der Waals surface area contributed by atoms with Crippen LogP contribution in [0.25, 0.3) is 10.8 Å². The second-order valence-electron chi connectivity index (χ2n) is 3.48. The molecule has 0 spiro atoms. The molecule has 0 atom stereocenters. The van der Waals surface area contributed by atoms with Crippen LogP contribution in [0.5, 0.6) is 0 Å². The molecule has 0 aliphatic carbocycles. The van der Waals surface area contributed by atoms with Gasteiger partial charge in [0.15, 0.2) is 0 Å². The average Bonchev–Trinajstić information content (AvgIpc) is 2.29. The monoisotopic (exact) mass is 279 g/mol. The van der Waals surface area contributed by atoms with Crippen LogP contribution in [-0.4, -0.2) is 10.3 Å². The molecule has 0 amide bonds. The van der Waals surface area contributed by atoms with Gasteiger partial charge in [-0.2, -0.15) is 0 Å². The molecule has 4 heteroatoms. The molecule has 2 rings (SSSR count). The number of aryl methyl sites for hydroxylation is 1. The Hall–Kier alpha value is -1.42. The number of rotatable bonds is 3. The molecule has 0 aromatic heterocycles. The summed E-state index contributed by atoms with van der Waals surface area (Å²) in [6.45, 7) is 0. The van der Waals surface area contributed by atoms with Gasteiger partial charge in [-0.05, 0) is 23.3 Å². The van der Waals surface area contributed by atoms with Gasteiger partial charge < -0.3 is 0 Å². The highest BCUT2D eigenvalue weighted by atomic mass is 79.9. The molecule has 16 heavy (non-hydrogen) atoms. The van der Waals surface area contributed by atoms with E-state index < -0.39 is 0 Å². The van der Waals surface area contributed by atoms with Gasteiger partial charge >= 0.3 is 0 Å². The normalized spacial score (nSPS) is 10.6. The lowest BCUT2D eigenvalue weighted by atomic mass is 10.0. The van der Waals surface area contributed by atoms with E-state index in [1.807, 2.05) is 24.3 Å². The minimum atomic E-state index is -0.315. The Kier molecular flexibility index (Phi) is 3.19. The van der Waals surface area contributed by atoms with Crippen molar-refractivity contribution >= 4 is 32.4 Å². The molecular weight excluding hydrogens is 270 g/mol.